The van der Waals surface area contributed by atoms with Crippen LogP contribution in [-0.4, -0.2) is 95.8 Å². The van der Waals surface area contributed by atoms with Crippen molar-refractivity contribution in [2.75, 3.05) is 59.4 Å². The summed E-state index contributed by atoms with van der Waals surface area (Å²) in [6.07, 6.45) is 3.89. The molecule has 2 aliphatic rings. The Labute approximate surface area is 162 Å². The molecule has 1 N–H and O–H groups in total. The standard InChI is InChI=1S/C20H33N5O2/c1-17(26)25-14-12-24(13-15-25)16-18-6-7-19(21-18)20(27)22(2)10-11-23-8-4-3-5-9-23/h6-7,21H,3-5,8-16H2,1-2H3. The quantitative estimate of drug-likeness (QED) is 0.813. The number of H-pyrrole nitrogens is 1. The molecular weight excluding hydrogens is 342 g/mol. The predicted octanol–water partition coefficient (Wildman–Crippen LogP) is 1.24. The summed E-state index contributed by atoms with van der Waals surface area (Å²) in [5.41, 5.74) is 1.72. The number of rotatable bonds is 6. The van der Waals surface area contributed by atoms with Crippen LogP contribution in [0.25, 0.3) is 0 Å². The second-order valence-electron chi connectivity index (χ2n) is 7.81. The Balaban J connectivity index is 1.45. The average molecular weight is 376 g/mol. The fourth-order valence-electron chi connectivity index (χ4n) is 3.90. The first-order valence-electron chi connectivity index (χ1n) is 10.2. The molecule has 0 unspecified atom stereocenters. The number of likely N-dealkylation sites (tertiary alicyclic amines) is 1. The van der Waals surface area contributed by atoms with Gasteiger partial charge in [-0.2, -0.15) is 0 Å². The number of nitrogens with zero attached hydrogens (tertiary/aromatic N) is 4. The maximum absolute atomic E-state index is 12.7. The number of aromatic amines is 1. The number of likely N-dealkylation sites (N-methyl/N-ethyl adjacent to an activating group) is 1. The van der Waals surface area contributed by atoms with E-state index in [2.05, 4.69) is 14.8 Å². The van der Waals surface area contributed by atoms with E-state index in [0.717, 1.165) is 64.6 Å². The highest BCUT2D eigenvalue weighted by atomic mass is 16.2. The molecule has 7 heteroatoms. The van der Waals surface area contributed by atoms with Gasteiger partial charge in [0.2, 0.25) is 5.91 Å². The first kappa shape index (κ1) is 19.9. The lowest BCUT2D eigenvalue weighted by Gasteiger charge is -2.33. The van der Waals surface area contributed by atoms with Gasteiger partial charge in [-0.15, -0.1) is 0 Å². The van der Waals surface area contributed by atoms with Crippen LogP contribution in [0.2, 0.25) is 0 Å². The monoisotopic (exact) mass is 375 g/mol. The third-order valence-corrected chi connectivity index (χ3v) is 5.74. The fourth-order valence-corrected chi connectivity index (χ4v) is 3.90. The Morgan fingerprint density at radius 3 is 2.37 bits per heavy atom. The molecular formula is C20H33N5O2. The summed E-state index contributed by atoms with van der Waals surface area (Å²) in [6, 6.07) is 3.89. The SMILES string of the molecule is CC(=O)N1CCN(Cc2ccc(C(=O)N(C)CCN3CCCCC3)[nH]2)CC1. The molecule has 3 heterocycles. The van der Waals surface area contributed by atoms with Crippen LogP contribution in [0.4, 0.5) is 0 Å². The molecule has 2 saturated heterocycles. The Morgan fingerprint density at radius 1 is 1.00 bits per heavy atom. The van der Waals surface area contributed by atoms with Crippen LogP contribution < -0.4 is 0 Å². The Hall–Kier alpha value is -1.86. The molecule has 3 rings (SSSR count). The highest BCUT2D eigenvalue weighted by Crippen LogP contribution is 2.11. The number of carbonyl (C=O) groups excluding carboxylic acids is 2. The smallest absolute Gasteiger partial charge is 0.270 e. The number of piperidine rings is 1. The summed E-state index contributed by atoms with van der Waals surface area (Å²) in [5.74, 6) is 0.203. The van der Waals surface area contributed by atoms with Crippen molar-refractivity contribution in [2.24, 2.45) is 0 Å². The topological polar surface area (TPSA) is 62.9 Å². The van der Waals surface area contributed by atoms with Crippen LogP contribution in [0.3, 0.4) is 0 Å². The van der Waals surface area contributed by atoms with Crippen LogP contribution >= 0.6 is 0 Å². The van der Waals surface area contributed by atoms with Gasteiger partial charge in [0.15, 0.2) is 0 Å². The van der Waals surface area contributed by atoms with Crippen molar-refractivity contribution in [2.45, 2.75) is 32.7 Å². The zero-order valence-electron chi connectivity index (χ0n) is 16.7. The molecule has 0 spiro atoms. The average Bonchev–Trinajstić information content (AvgIpc) is 3.15. The third kappa shape index (κ3) is 5.56. The summed E-state index contributed by atoms with van der Waals surface area (Å²) in [5, 5.41) is 0. The molecule has 0 saturated carbocycles. The van der Waals surface area contributed by atoms with Crippen LogP contribution in [0, 0.1) is 0 Å². The molecule has 7 nitrogen and oxygen atoms in total. The number of hydrogen-bond acceptors (Lipinski definition) is 4. The summed E-state index contributed by atoms with van der Waals surface area (Å²) in [6.45, 7) is 9.75. The molecule has 27 heavy (non-hydrogen) atoms. The van der Waals surface area contributed by atoms with Crippen molar-refractivity contribution in [1.82, 2.24) is 24.6 Å². The van der Waals surface area contributed by atoms with Gasteiger partial charge in [-0.05, 0) is 38.1 Å². The van der Waals surface area contributed by atoms with Gasteiger partial charge < -0.3 is 19.7 Å². The van der Waals surface area contributed by atoms with Crippen molar-refractivity contribution in [1.29, 1.82) is 0 Å². The van der Waals surface area contributed by atoms with Crippen LogP contribution in [0.1, 0.15) is 42.4 Å². The maximum Gasteiger partial charge on any atom is 0.270 e. The predicted molar refractivity (Wildman–Crippen MR) is 106 cm³/mol. The summed E-state index contributed by atoms with van der Waals surface area (Å²) >= 11 is 0. The lowest BCUT2D eigenvalue weighted by molar-refractivity contribution is -0.130. The van der Waals surface area contributed by atoms with E-state index in [-0.39, 0.29) is 11.8 Å². The minimum absolute atomic E-state index is 0.0552. The zero-order valence-corrected chi connectivity index (χ0v) is 16.7. The van der Waals surface area contributed by atoms with E-state index in [1.54, 1.807) is 6.92 Å². The zero-order chi connectivity index (χ0) is 19.2. The Bertz CT molecular complexity index is 630. The van der Waals surface area contributed by atoms with Crippen molar-refractivity contribution in [3.63, 3.8) is 0 Å². The van der Waals surface area contributed by atoms with Gasteiger partial charge in [-0.25, -0.2) is 0 Å². The molecule has 2 fully saturated rings. The summed E-state index contributed by atoms with van der Waals surface area (Å²) in [4.78, 5) is 35.8. The molecule has 150 valence electrons. The molecule has 0 radical (unpaired) electrons. The molecule has 1 aromatic rings. The van der Waals surface area contributed by atoms with Gasteiger partial charge >= 0.3 is 0 Å². The Kier molecular flexibility index (Phi) is 6.90. The normalized spacial score (nSPS) is 19.3. The van der Waals surface area contributed by atoms with Crippen molar-refractivity contribution in [3.05, 3.63) is 23.5 Å². The number of piperazine rings is 1. The van der Waals surface area contributed by atoms with Gasteiger partial charge in [0, 0.05) is 65.5 Å². The third-order valence-electron chi connectivity index (χ3n) is 5.74. The second-order valence-corrected chi connectivity index (χ2v) is 7.81. The number of hydrogen-bond donors (Lipinski definition) is 1. The van der Waals surface area contributed by atoms with Crippen molar-refractivity contribution in [3.8, 4) is 0 Å². The first-order valence-corrected chi connectivity index (χ1v) is 10.2. The van der Waals surface area contributed by atoms with Crippen LogP contribution in [-0.2, 0) is 11.3 Å². The molecule has 0 aliphatic carbocycles. The first-order chi connectivity index (χ1) is 13.0. The Morgan fingerprint density at radius 2 is 1.70 bits per heavy atom. The van der Waals surface area contributed by atoms with Crippen molar-refractivity contribution >= 4 is 11.8 Å². The molecule has 2 amide bonds. The van der Waals surface area contributed by atoms with E-state index in [9.17, 15) is 9.59 Å². The number of amides is 2. The number of aromatic nitrogens is 1. The summed E-state index contributed by atoms with van der Waals surface area (Å²) < 4.78 is 0. The fraction of sp³-hybridized carbons (Fsp3) is 0.700. The second kappa shape index (κ2) is 9.37. The van der Waals surface area contributed by atoms with E-state index in [4.69, 9.17) is 0 Å². The summed E-state index contributed by atoms with van der Waals surface area (Å²) in [7, 11) is 1.88. The van der Waals surface area contributed by atoms with Gasteiger partial charge in [0.25, 0.3) is 5.91 Å². The molecule has 1 aromatic heterocycles. The van der Waals surface area contributed by atoms with Crippen LogP contribution in [0.15, 0.2) is 12.1 Å². The highest BCUT2D eigenvalue weighted by Gasteiger charge is 2.20. The van der Waals surface area contributed by atoms with E-state index in [1.807, 2.05) is 29.0 Å². The number of nitrogens with one attached hydrogen (secondary N) is 1. The minimum atomic E-state index is 0.0552. The maximum atomic E-state index is 12.7. The van der Waals surface area contributed by atoms with Gasteiger partial charge in [0.05, 0.1) is 0 Å². The molecule has 0 bridgehead atoms. The van der Waals surface area contributed by atoms with Gasteiger partial charge in [-0.3, -0.25) is 14.5 Å². The highest BCUT2D eigenvalue weighted by molar-refractivity contribution is 5.92. The minimum Gasteiger partial charge on any atom is -0.353 e. The largest absolute Gasteiger partial charge is 0.353 e. The molecule has 2 aliphatic heterocycles. The van der Waals surface area contributed by atoms with Gasteiger partial charge in [-0.1, -0.05) is 6.42 Å². The van der Waals surface area contributed by atoms with E-state index in [1.165, 1.54) is 19.3 Å². The lowest BCUT2D eigenvalue weighted by Crippen LogP contribution is -2.47. The molecule has 0 atom stereocenters. The molecule has 0 aromatic carbocycles. The van der Waals surface area contributed by atoms with E-state index >= 15 is 0 Å². The number of carbonyl (C=O) groups is 2. The van der Waals surface area contributed by atoms with Crippen LogP contribution in [0.5, 0.6) is 0 Å². The van der Waals surface area contributed by atoms with E-state index < -0.39 is 0 Å². The van der Waals surface area contributed by atoms with E-state index in [0.29, 0.717) is 5.69 Å². The van der Waals surface area contributed by atoms with Gasteiger partial charge in [0.1, 0.15) is 5.69 Å². The lowest BCUT2D eigenvalue weighted by atomic mass is 10.1. The van der Waals surface area contributed by atoms with Crippen molar-refractivity contribution < 1.29 is 9.59 Å².